The first-order valence-electron chi connectivity index (χ1n) is 10.3. The van der Waals surface area contributed by atoms with Crippen molar-refractivity contribution >= 4 is 23.4 Å². The Morgan fingerprint density at radius 3 is 2.55 bits per heavy atom. The number of aryl methyl sites for hydroxylation is 1. The smallest absolute Gasteiger partial charge is 0.242 e. The number of benzene rings is 2. The summed E-state index contributed by atoms with van der Waals surface area (Å²) in [6, 6.07) is 15.1. The summed E-state index contributed by atoms with van der Waals surface area (Å²) in [6.45, 7) is 4.23. The van der Waals surface area contributed by atoms with Crippen LogP contribution in [0.2, 0.25) is 5.02 Å². The van der Waals surface area contributed by atoms with Crippen LogP contribution in [-0.4, -0.2) is 28.8 Å². The Bertz CT molecular complexity index is 861. The molecule has 2 amide bonds. The van der Waals surface area contributed by atoms with Crippen molar-refractivity contribution in [1.29, 1.82) is 0 Å². The Morgan fingerprint density at radius 1 is 1.14 bits per heavy atom. The summed E-state index contributed by atoms with van der Waals surface area (Å²) in [4.78, 5) is 27.8. The first-order valence-corrected chi connectivity index (χ1v) is 10.7. The quantitative estimate of drug-likeness (QED) is 0.718. The molecule has 1 unspecified atom stereocenters. The minimum Gasteiger partial charge on any atom is -0.352 e. The molecule has 1 saturated carbocycles. The third-order valence-corrected chi connectivity index (χ3v) is 5.97. The molecule has 2 aromatic rings. The van der Waals surface area contributed by atoms with Gasteiger partial charge >= 0.3 is 0 Å². The van der Waals surface area contributed by atoms with Gasteiger partial charge in [-0.2, -0.15) is 0 Å². The number of carbonyl (C=O) groups is 2. The molecule has 1 aliphatic carbocycles. The molecule has 1 atom stereocenters. The van der Waals surface area contributed by atoms with E-state index >= 15 is 0 Å². The van der Waals surface area contributed by atoms with Crippen LogP contribution in [0.3, 0.4) is 0 Å². The number of hydrogen-bond donors (Lipinski definition) is 1. The maximum Gasteiger partial charge on any atom is 0.242 e. The van der Waals surface area contributed by atoms with Crippen LogP contribution in [0.4, 0.5) is 0 Å². The van der Waals surface area contributed by atoms with Crippen LogP contribution in [0.25, 0.3) is 0 Å². The fourth-order valence-corrected chi connectivity index (χ4v) is 4.09. The van der Waals surface area contributed by atoms with Gasteiger partial charge in [-0.05, 0) is 43.9 Å². The molecular weight excluding hydrogens is 384 g/mol. The van der Waals surface area contributed by atoms with Gasteiger partial charge < -0.3 is 10.2 Å². The maximum atomic E-state index is 13.2. The van der Waals surface area contributed by atoms with Gasteiger partial charge in [0.15, 0.2) is 0 Å². The van der Waals surface area contributed by atoms with Crippen LogP contribution in [0.5, 0.6) is 0 Å². The van der Waals surface area contributed by atoms with Gasteiger partial charge in [-0.3, -0.25) is 9.59 Å². The zero-order valence-electron chi connectivity index (χ0n) is 17.2. The number of nitrogens with zero attached hydrogens (tertiary/aromatic N) is 1. The molecule has 0 saturated heterocycles. The largest absolute Gasteiger partial charge is 0.352 e. The molecule has 0 radical (unpaired) electrons. The van der Waals surface area contributed by atoms with Crippen molar-refractivity contribution in [2.24, 2.45) is 0 Å². The highest BCUT2D eigenvalue weighted by Crippen LogP contribution is 2.20. The molecule has 5 heteroatoms. The van der Waals surface area contributed by atoms with Crippen LogP contribution in [0.15, 0.2) is 48.5 Å². The Kier molecular flexibility index (Phi) is 7.32. The second kappa shape index (κ2) is 9.93. The van der Waals surface area contributed by atoms with Gasteiger partial charge in [0, 0.05) is 17.6 Å². The van der Waals surface area contributed by atoms with E-state index in [-0.39, 0.29) is 24.3 Å². The Labute approximate surface area is 178 Å². The van der Waals surface area contributed by atoms with Crippen LogP contribution in [-0.2, 0) is 22.6 Å². The lowest BCUT2D eigenvalue weighted by atomic mass is 10.1. The number of halogens is 1. The van der Waals surface area contributed by atoms with E-state index in [0.717, 1.165) is 42.4 Å². The van der Waals surface area contributed by atoms with Crippen LogP contribution in [0.1, 0.15) is 49.3 Å². The fraction of sp³-hybridized carbons (Fsp3) is 0.417. The molecule has 2 aromatic carbocycles. The summed E-state index contributed by atoms with van der Waals surface area (Å²) >= 11 is 6.26. The van der Waals surface area contributed by atoms with Gasteiger partial charge in [-0.1, -0.05) is 72.5 Å². The van der Waals surface area contributed by atoms with Crippen molar-refractivity contribution < 1.29 is 9.59 Å². The molecule has 0 bridgehead atoms. The van der Waals surface area contributed by atoms with Crippen molar-refractivity contribution in [1.82, 2.24) is 10.2 Å². The summed E-state index contributed by atoms with van der Waals surface area (Å²) in [7, 11) is 0. The zero-order valence-corrected chi connectivity index (χ0v) is 17.9. The van der Waals surface area contributed by atoms with Crippen molar-refractivity contribution in [2.45, 2.75) is 64.6 Å². The van der Waals surface area contributed by atoms with E-state index < -0.39 is 6.04 Å². The summed E-state index contributed by atoms with van der Waals surface area (Å²) < 4.78 is 0. The molecule has 154 valence electrons. The molecule has 3 rings (SSSR count). The average Bonchev–Trinajstić information content (AvgIpc) is 3.20. The second-order valence-electron chi connectivity index (χ2n) is 7.94. The predicted molar refractivity (Wildman–Crippen MR) is 117 cm³/mol. The van der Waals surface area contributed by atoms with E-state index in [2.05, 4.69) is 11.4 Å². The number of carbonyl (C=O) groups excluding carboxylic acids is 2. The first-order chi connectivity index (χ1) is 13.9. The molecule has 4 nitrogen and oxygen atoms in total. The minimum absolute atomic E-state index is 0.0861. The Morgan fingerprint density at radius 2 is 1.86 bits per heavy atom. The molecule has 1 fully saturated rings. The highest BCUT2D eigenvalue weighted by Gasteiger charge is 2.28. The molecule has 1 aliphatic rings. The number of hydrogen-bond acceptors (Lipinski definition) is 2. The molecule has 0 heterocycles. The first kappa shape index (κ1) is 21.4. The van der Waals surface area contributed by atoms with Crippen molar-refractivity contribution in [2.75, 3.05) is 0 Å². The lowest BCUT2D eigenvalue weighted by molar-refractivity contribution is -0.140. The van der Waals surface area contributed by atoms with Gasteiger partial charge in [-0.15, -0.1) is 0 Å². The standard InChI is InChI=1S/C24H29ClN2O2/c1-17-8-7-9-19(14-17)16-27(18(2)24(29)26-21-11-4-5-12-21)23(28)15-20-10-3-6-13-22(20)25/h3,6-10,13-14,18,21H,4-5,11-12,15-16H2,1-2H3,(H,26,29). The minimum atomic E-state index is -0.550. The lowest BCUT2D eigenvalue weighted by Crippen LogP contribution is -2.50. The van der Waals surface area contributed by atoms with E-state index in [1.54, 1.807) is 11.0 Å². The summed E-state index contributed by atoms with van der Waals surface area (Å²) in [5.74, 6) is -0.189. The number of amides is 2. The molecule has 1 N–H and O–H groups in total. The van der Waals surface area contributed by atoms with E-state index in [9.17, 15) is 9.59 Å². The summed E-state index contributed by atoms with van der Waals surface area (Å²) in [5.41, 5.74) is 2.92. The van der Waals surface area contributed by atoms with Crippen LogP contribution in [0, 0.1) is 6.92 Å². The predicted octanol–water partition coefficient (Wildman–Crippen LogP) is 4.67. The Hall–Kier alpha value is -2.33. The average molecular weight is 413 g/mol. The van der Waals surface area contributed by atoms with Crippen LogP contribution >= 0.6 is 11.6 Å². The summed E-state index contributed by atoms with van der Waals surface area (Å²) in [5, 5.41) is 3.70. The second-order valence-corrected chi connectivity index (χ2v) is 8.35. The van der Waals surface area contributed by atoms with Gasteiger partial charge in [-0.25, -0.2) is 0 Å². The van der Waals surface area contributed by atoms with E-state index in [0.29, 0.717) is 11.6 Å². The lowest BCUT2D eigenvalue weighted by Gasteiger charge is -2.30. The van der Waals surface area contributed by atoms with E-state index in [1.165, 1.54) is 0 Å². The normalized spacial score (nSPS) is 15.1. The molecule has 0 spiro atoms. The third kappa shape index (κ3) is 5.83. The zero-order chi connectivity index (χ0) is 20.8. The van der Waals surface area contributed by atoms with Gasteiger partial charge in [0.1, 0.15) is 6.04 Å². The number of rotatable bonds is 7. The van der Waals surface area contributed by atoms with Crippen LogP contribution < -0.4 is 5.32 Å². The highest BCUT2D eigenvalue weighted by molar-refractivity contribution is 6.31. The van der Waals surface area contributed by atoms with Crippen molar-refractivity contribution in [3.8, 4) is 0 Å². The van der Waals surface area contributed by atoms with Crippen molar-refractivity contribution in [3.05, 3.63) is 70.2 Å². The van der Waals surface area contributed by atoms with Crippen molar-refractivity contribution in [3.63, 3.8) is 0 Å². The van der Waals surface area contributed by atoms with Gasteiger partial charge in [0.25, 0.3) is 0 Å². The molecule has 29 heavy (non-hydrogen) atoms. The monoisotopic (exact) mass is 412 g/mol. The van der Waals surface area contributed by atoms with E-state index in [1.807, 2.05) is 50.2 Å². The fourth-order valence-electron chi connectivity index (χ4n) is 3.89. The SMILES string of the molecule is Cc1cccc(CN(C(=O)Cc2ccccc2Cl)C(C)C(=O)NC2CCCC2)c1. The third-order valence-electron chi connectivity index (χ3n) is 5.60. The Balaban J connectivity index is 1.78. The molecule has 0 aliphatic heterocycles. The van der Waals surface area contributed by atoms with Gasteiger partial charge in [0.2, 0.25) is 11.8 Å². The molecular formula is C24H29ClN2O2. The van der Waals surface area contributed by atoms with Gasteiger partial charge in [0.05, 0.1) is 6.42 Å². The number of nitrogens with one attached hydrogen (secondary N) is 1. The molecule has 0 aromatic heterocycles. The van der Waals surface area contributed by atoms with E-state index in [4.69, 9.17) is 11.6 Å². The summed E-state index contributed by atoms with van der Waals surface area (Å²) in [6.07, 6.45) is 4.51. The maximum absolute atomic E-state index is 13.2. The highest BCUT2D eigenvalue weighted by atomic mass is 35.5. The topological polar surface area (TPSA) is 49.4 Å².